The zero-order valence-electron chi connectivity index (χ0n) is 9.45. The summed E-state index contributed by atoms with van der Waals surface area (Å²) in [5, 5.41) is 9.20. The van der Waals surface area contributed by atoms with Gasteiger partial charge in [-0.15, -0.1) is 0 Å². The van der Waals surface area contributed by atoms with Gasteiger partial charge in [0.25, 0.3) is 5.91 Å². The molecular weight excluding hydrogens is 246 g/mol. The van der Waals surface area contributed by atoms with Crippen LogP contribution in [0, 0.1) is 0 Å². The zero-order chi connectivity index (χ0) is 13.9. The van der Waals surface area contributed by atoms with E-state index in [-0.39, 0.29) is 5.06 Å². The van der Waals surface area contributed by atoms with Crippen molar-refractivity contribution in [3.05, 3.63) is 12.2 Å². The van der Waals surface area contributed by atoms with Crippen molar-refractivity contribution in [1.29, 1.82) is 0 Å². The Hall–Kier alpha value is -1.15. The third-order valence-electron chi connectivity index (χ3n) is 2.07. The second-order valence-electron chi connectivity index (χ2n) is 3.17. The van der Waals surface area contributed by atoms with Gasteiger partial charge in [-0.1, -0.05) is 12.2 Å². The summed E-state index contributed by atoms with van der Waals surface area (Å²) >= 11 is 0. The smallest absolute Gasteiger partial charge is 0.385 e. The lowest BCUT2D eigenvalue weighted by Crippen LogP contribution is -2.60. The summed E-state index contributed by atoms with van der Waals surface area (Å²) in [6.07, 6.45) is -6.66. The number of hydroxylamine groups is 2. The molecule has 0 aromatic carbocycles. The van der Waals surface area contributed by atoms with Crippen molar-refractivity contribution in [3.8, 4) is 0 Å². The number of carbonyl (C=O) groups excluding carboxylic acids is 1. The van der Waals surface area contributed by atoms with Crippen molar-refractivity contribution in [1.82, 2.24) is 5.06 Å². The third-order valence-corrected chi connectivity index (χ3v) is 2.07. The van der Waals surface area contributed by atoms with E-state index in [1.54, 1.807) is 0 Å². The van der Waals surface area contributed by atoms with Crippen LogP contribution in [0.25, 0.3) is 0 Å². The molecule has 0 saturated heterocycles. The highest BCUT2D eigenvalue weighted by atomic mass is 19.4. The number of aliphatic hydroxyl groups excluding tert-OH is 1. The number of hydrogen-bond donors (Lipinski definition) is 1. The van der Waals surface area contributed by atoms with Gasteiger partial charge in [0.1, 0.15) is 6.10 Å². The number of carbonyl (C=O) groups is 1. The Balaban J connectivity index is 5.48. The topological polar surface area (TPSA) is 49.8 Å². The maximum Gasteiger partial charge on any atom is 0.434 e. The first-order valence-corrected chi connectivity index (χ1v) is 4.51. The van der Waals surface area contributed by atoms with E-state index in [0.29, 0.717) is 6.08 Å². The first kappa shape index (κ1) is 15.9. The predicted octanol–water partition coefficient (Wildman–Crippen LogP) is 1.21. The molecule has 8 heteroatoms. The third kappa shape index (κ3) is 2.95. The first-order chi connectivity index (χ1) is 7.62. The van der Waals surface area contributed by atoms with Crippen LogP contribution in [0.4, 0.5) is 17.6 Å². The summed E-state index contributed by atoms with van der Waals surface area (Å²) in [4.78, 5) is 15.5. The van der Waals surface area contributed by atoms with Crippen LogP contribution in [-0.4, -0.2) is 48.2 Å². The fraction of sp³-hybridized carbons (Fsp3) is 0.667. The summed E-state index contributed by atoms with van der Waals surface area (Å²) in [5.41, 5.74) is -4.44. The molecule has 2 atom stereocenters. The van der Waals surface area contributed by atoms with Gasteiger partial charge in [-0.2, -0.15) is 13.2 Å². The van der Waals surface area contributed by atoms with Crippen molar-refractivity contribution >= 4 is 5.91 Å². The molecule has 1 N–H and O–H groups in total. The molecule has 100 valence electrons. The normalized spacial score (nSPS) is 17.9. The number of halogens is 4. The highest BCUT2D eigenvalue weighted by molar-refractivity contribution is 5.86. The number of amides is 1. The summed E-state index contributed by atoms with van der Waals surface area (Å²) in [6.45, 7) is 1.28. The summed E-state index contributed by atoms with van der Waals surface area (Å²) in [7, 11) is 1.71. The van der Waals surface area contributed by atoms with E-state index in [4.69, 9.17) is 5.11 Å². The Bertz CT molecular complexity index is 305. The molecule has 0 rings (SSSR count). The van der Waals surface area contributed by atoms with Crippen molar-refractivity contribution in [2.24, 2.45) is 0 Å². The average molecular weight is 259 g/mol. The molecule has 0 radical (unpaired) electrons. The van der Waals surface area contributed by atoms with Crippen molar-refractivity contribution < 1.29 is 32.3 Å². The molecule has 0 bridgehead atoms. The van der Waals surface area contributed by atoms with E-state index in [1.807, 2.05) is 0 Å². The lowest BCUT2D eigenvalue weighted by molar-refractivity contribution is -0.262. The van der Waals surface area contributed by atoms with Crippen LogP contribution >= 0.6 is 0 Å². The Labute approximate surface area is 95.4 Å². The van der Waals surface area contributed by atoms with Gasteiger partial charge in [0.2, 0.25) is 0 Å². The molecule has 0 fully saturated rings. The number of rotatable bonds is 4. The maximum atomic E-state index is 13.8. The number of hydrogen-bond acceptors (Lipinski definition) is 3. The SMILES string of the molecule is C/C=C/[C@@H](O)[C@](F)(C(=O)N(C)OC)C(F)(F)F. The highest BCUT2D eigenvalue weighted by Gasteiger charge is 2.66. The van der Waals surface area contributed by atoms with Crippen LogP contribution in [0.3, 0.4) is 0 Å². The molecule has 0 spiro atoms. The van der Waals surface area contributed by atoms with Gasteiger partial charge in [-0.3, -0.25) is 9.63 Å². The number of allylic oxidation sites excluding steroid dienone is 1. The first-order valence-electron chi connectivity index (χ1n) is 4.51. The summed E-state index contributed by atoms with van der Waals surface area (Å²) < 4.78 is 51.5. The Kier molecular flexibility index (Phi) is 5.09. The molecule has 17 heavy (non-hydrogen) atoms. The van der Waals surface area contributed by atoms with Crippen LogP contribution in [0.1, 0.15) is 6.92 Å². The minimum atomic E-state index is -5.56. The maximum absolute atomic E-state index is 13.8. The fourth-order valence-corrected chi connectivity index (χ4v) is 1.04. The molecule has 0 aromatic heterocycles. The van der Waals surface area contributed by atoms with Crippen molar-refractivity contribution in [2.45, 2.75) is 24.9 Å². The molecule has 0 aliphatic heterocycles. The Morgan fingerprint density at radius 2 is 1.88 bits per heavy atom. The molecule has 0 unspecified atom stereocenters. The van der Waals surface area contributed by atoms with Gasteiger partial charge < -0.3 is 5.11 Å². The summed E-state index contributed by atoms with van der Waals surface area (Å²) in [6, 6.07) is 0. The van der Waals surface area contributed by atoms with Crippen LogP contribution in [0.5, 0.6) is 0 Å². The van der Waals surface area contributed by atoms with Gasteiger partial charge in [-0.25, -0.2) is 9.45 Å². The van der Waals surface area contributed by atoms with Gasteiger partial charge in [0.05, 0.1) is 7.11 Å². The van der Waals surface area contributed by atoms with E-state index < -0.39 is 23.9 Å². The number of alkyl halides is 4. The minimum absolute atomic E-state index is 0.0697. The fourth-order valence-electron chi connectivity index (χ4n) is 1.04. The van der Waals surface area contributed by atoms with E-state index in [9.17, 15) is 22.4 Å². The largest absolute Gasteiger partial charge is 0.434 e. The molecule has 0 saturated carbocycles. The van der Waals surface area contributed by atoms with E-state index >= 15 is 0 Å². The Morgan fingerprint density at radius 1 is 1.41 bits per heavy atom. The second kappa shape index (κ2) is 5.46. The average Bonchev–Trinajstić information content (AvgIpc) is 2.24. The summed E-state index contributed by atoms with van der Waals surface area (Å²) in [5.74, 6) is -2.03. The van der Waals surface area contributed by atoms with Crippen LogP contribution in [0.15, 0.2) is 12.2 Å². The molecule has 0 aliphatic rings. The van der Waals surface area contributed by atoms with Gasteiger partial charge in [0.15, 0.2) is 0 Å². The van der Waals surface area contributed by atoms with Crippen LogP contribution in [0.2, 0.25) is 0 Å². The van der Waals surface area contributed by atoms with E-state index in [1.165, 1.54) is 6.92 Å². The van der Waals surface area contributed by atoms with Crippen LogP contribution in [-0.2, 0) is 9.63 Å². The Morgan fingerprint density at radius 3 is 2.18 bits per heavy atom. The van der Waals surface area contributed by atoms with Crippen LogP contribution < -0.4 is 0 Å². The molecule has 0 aliphatic carbocycles. The van der Waals surface area contributed by atoms with Crippen molar-refractivity contribution in [3.63, 3.8) is 0 Å². The molecular formula is C9H13F4NO3. The number of aliphatic hydroxyl groups is 1. The highest BCUT2D eigenvalue weighted by Crippen LogP contribution is 2.38. The molecule has 0 heterocycles. The lowest BCUT2D eigenvalue weighted by atomic mass is 9.96. The second-order valence-corrected chi connectivity index (χ2v) is 3.17. The predicted molar refractivity (Wildman–Crippen MR) is 50.5 cm³/mol. The van der Waals surface area contributed by atoms with Crippen molar-refractivity contribution in [2.75, 3.05) is 14.2 Å². The molecule has 1 amide bonds. The lowest BCUT2D eigenvalue weighted by Gasteiger charge is -2.31. The van der Waals surface area contributed by atoms with E-state index in [2.05, 4.69) is 4.84 Å². The standard InChI is InChI=1S/C9H13F4NO3/c1-4-5-6(15)8(10,9(11,12)13)7(16)14(2)17-3/h4-6,15H,1-3H3/b5-4+/t6-,8+/m1/s1. The van der Waals surface area contributed by atoms with Gasteiger partial charge >= 0.3 is 11.8 Å². The molecule has 4 nitrogen and oxygen atoms in total. The van der Waals surface area contributed by atoms with Gasteiger partial charge in [-0.05, 0) is 6.92 Å². The zero-order valence-corrected chi connectivity index (χ0v) is 9.45. The monoisotopic (exact) mass is 259 g/mol. The number of nitrogens with zero attached hydrogens (tertiary/aromatic N) is 1. The quantitative estimate of drug-likeness (QED) is 0.469. The van der Waals surface area contributed by atoms with Gasteiger partial charge in [0, 0.05) is 7.05 Å². The van der Waals surface area contributed by atoms with E-state index in [0.717, 1.165) is 20.2 Å². The minimum Gasteiger partial charge on any atom is -0.385 e. The molecule has 0 aromatic rings.